The van der Waals surface area contributed by atoms with E-state index in [1.807, 2.05) is 6.20 Å². The molecule has 0 N–H and O–H groups in total. The van der Waals surface area contributed by atoms with Crippen molar-refractivity contribution in [3.8, 4) is 0 Å². The summed E-state index contributed by atoms with van der Waals surface area (Å²) in [6.45, 7) is 5.27. The second kappa shape index (κ2) is 7.85. The number of aromatic nitrogens is 1. The smallest absolute Gasteiger partial charge is 0.177 e. The maximum Gasteiger partial charge on any atom is 0.177 e. The topological polar surface area (TPSA) is 33.2 Å². The van der Waals surface area contributed by atoms with Gasteiger partial charge in [0.1, 0.15) is 0 Å². The number of benzene rings is 1. The SMILES string of the molecule is Cc1cc(CN2CCC(C3c4ccccc4CC(=O)c4sccc43)CC2)ccn1. The van der Waals surface area contributed by atoms with Crippen molar-refractivity contribution in [1.29, 1.82) is 0 Å². The molecule has 0 radical (unpaired) electrons. The van der Waals surface area contributed by atoms with Crippen LogP contribution in [-0.4, -0.2) is 28.8 Å². The Morgan fingerprint density at radius 3 is 2.76 bits per heavy atom. The summed E-state index contributed by atoms with van der Waals surface area (Å²) in [5.74, 6) is 1.23. The number of carbonyl (C=O) groups excluding carboxylic acids is 1. The van der Waals surface area contributed by atoms with Crippen LogP contribution < -0.4 is 0 Å². The normalized spacial score (nSPS) is 20.2. The molecule has 1 aromatic carbocycles. The Balaban J connectivity index is 1.38. The summed E-state index contributed by atoms with van der Waals surface area (Å²) in [5.41, 5.74) is 6.30. The monoisotopic (exact) mass is 402 g/mol. The number of hydrogen-bond acceptors (Lipinski definition) is 4. The molecule has 148 valence electrons. The highest BCUT2D eigenvalue weighted by molar-refractivity contribution is 7.12. The molecule has 3 nitrogen and oxygen atoms in total. The molecule has 0 amide bonds. The summed E-state index contributed by atoms with van der Waals surface area (Å²) in [6, 6.07) is 15.1. The molecule has 1 fully saturated rings. The standard InChI is InChI=1S/C25H26N2OS/c1-17-14-18(6-10-26-17)16-27-11-7-19(8-12-27)24-21-5-3-2-4-20(21)15-23(28)25-22(24)9-13-29-25/h2-6,9-10,13-14,19,24H,7-8,11-12,15-16H2,1H3. The van der Waals surface area contributed by atoms with Crippen LogP contribution in [0.4, 0.5) is 0 Å². The van der Waals surface area contributed by atoms with Crippen LogP contribution in [0.1, 0.15) is 56.4 Å². The highest BCUT2D eigenvalue weighted by Crippen LogP contribution is 2.44. The van der Waals surface area contributed by atoms with Gasteiger partial charge < -0.3 is 0 Å². The summed E-state index contributed by atoms with van der Waals surface area (Å²) in [7, 11) is 0. The largest absolute Gasteiger partial charge is 0.299 e. The van der Waals surface area contributed by atoms with Gasteiger partial charge in [0.15, 0.2) is 5.78 Å². The van der Waals surface area contributed by atoms with Gasteiger partial charge in [-0.05, 0) is 84.6 Å². The van der Waals surface area contributed by atoms with Crippen molar-refractivity contribution in [2.75, 3.05) is 13.1 Å². The van der Waals surface area contributed by atoms with E-state index in [2.05, 4.69) is 64.7 Å². The fourth-order valence-electron chi connectivity index (χ4n) is 5.12. The van der Waals surface area contributed by atoms with E-state index in [9.17, 15) is 4.79 Å². The third kappa shape index (κ3) is 3.67. The molecule has 1 saturated heterocycles. The van der Waals surface area contributed by atoms with E-state index in [1.165, 1.54) is 35.1 Å². The average molecular weight is 403 g/mol. The first-order valence-electron chi connectivity index (χ1n) is 10.5. The highest BCUT2D eigenvalue weighted by Gasteiger charge is 2.35. The van der Waals surface area contributed by atoms with Crippen molar-refractivity contribution in [2.24, 2.45) is 5.92 Å². The number of hydrogen-bond donors (Lipinski definition) is 0. The van der Waals surface area contributed by atoms with Gasteiger partial charge in [0.25, 0.3) is 0 Å². The van der Waals surface area contributed by atoms with Crippen LogP contribution in [0.5, 0.6) is 0 Å². The number of rotatable bonds is 3. The first-order chi connectivity index (χ1) is 14.2. The van der Waals surface area contributed by atoms with Crippen LogP contribution in [0.15, 0.2) is 54.0 Å². The quantitative estimate of drug-likeness (QED) is 0.601. The number of piperidine rings is 1. The molecule has 29 heavy (non-hydrogen) atoms. The molecule has 5 rings (SSSR count). The van der Waals surface area contributed by atoms with Crippen molar-refractivity contribution < 1.29 is 4.79 Å². The van der Waals surface area contributed by atoms with E-state index in [-0.39, 0.29) is 5.78 Å². The lowest BCUT2D eigenvalue weighted by atomic mass is 9.75. The summed E-state index contributed by atoms with van der Waals surface area (Å²) < 4.78 is 0. The number of Topliss-reactive ketones (excluding diaryl/α,β-unsaturated/α-hetero) is 1. The minimum absolute atomic E-state index is 0.287. The van der Waals surface area contributed by atoms with E-state index >= 15 is 0 Å². The van der Waals surface area contributed by atoms with Crippen LogP contribution in [0, 0.1) is 12.8 Å². The predicted octanol–water partition coefficient (Wildman–Crippen LogP) is 5.23. The minimum Gasteiger partial charge on any atom is -0.299 e. The van der Waals surface area contributed by atoms with Crippen LogP contribution in [0.2, 0.25) is 0 Å². The van der Waals surface area contributed by atoms with E-state index in [0.29, 0.717) is 18.3 Å². The van der Waals surface area contributed by atoms with Gasteiger partial charge in [0, 0.05) is 30.8 Å². The zero-order valence-electron chi connectivity index (χ0n) is 16.8. The van der Waals surface area contributed by atoms with E-state index in [4.69, 9.17) is 0 Å². The Kier molecular flexibility index (Phi) is 5.06. The molecule has 1 aliphatic carbocycles. The lowest BCUT2D eigenvalue weighted by Crippen LogP contribution is -2.35. The predicted molar refractivity (Wildman–Crippen MR) is 118 cm³/mol. The molecular formula is C25H26N2OS. The molecule has 3 aromatic rings. The maximum absolute atomic E-state index is 12.8. The third-order valence-corrected chi connectivity index (χ3v) is 7.47. The Morgan fingerprint density at radius 2 is 1.93 bits per heavy atom. The van der Waals surface area contributed by atoms with Crippen molar-refractivity contribution in [2.45, 2.75) is 38.6 Å². The summed E-state index contributed by atoms with van der Waals surface area (Å²) in [6.07, 6.45) is 4.80. The number of pyridine rings is 1. The lowest BCUT2D eigenvalue weighted by Gasteiger charge is -2.36. The number of fused-ring (bicyclic) bond motifs is 2. The van der Waals surface area contributed by atoms with E-state index in [1.54, 1.807) is 11.3 Å². The molecule has 2 aromatic heterocycles. The fraction of sp³-hybridized carbons (Fsp3) is 0.360. The number of likely N-dealkylation sites (tertiary alicyclic amines) is 1. The Bertz CT molecular complexity index is 1030. The molecular weight excluding hydrogens is 376 g/mol. The van der Waals surface area contributed by atoms with Gasteiger partial charge in [-0.1, -0.05) is 24.3 Å². The molecule has 0 saturated carbocycles. The Hall–Kier alpha value is -2.30. The van der Waals surface area contributed by atoms with Crippen LogP contribution in [-0.2, 0) is 13.0 Å². The Labute approximate surface area is 176 Å². The van der Waals surface area contributed by atoms with Gasteiger partial charge in [0.2, 0.25) is 0 Å². The van der Waals surface area contributed by atoms with Gasteiger partial charge in [-0.3, -0.25) is 14.7 Å². The third-order valence-electron chi connectivity index (χ3n) is 6.50. The highest BCUT2D eigenvalue weighted by atomic mass is 32.1. The molecule has 2 aliphatic rings. The van der Waals surface area contributed by atoms with Gasteiger partial charge >= 0.3 is 0 Å². The summed E-state index contributed by atoms with van der Waals surface area (Å²) >= 11 is 1.62. The summed E-state index contributed by atoms with van der Waals surface area (Å²) in [5, 5.41) is 2.10. The molecule has 0 bridgehead atoms. The average Bonchev–Trinajstić information content (AvgIpc) is 3.16. The number of nitrogens with zero attached hydrogens (tertiary/aromatic N) is 2. The second-order valence-electron chi connectivity index (χ2n) is 8.40. The van der Waals surface area contributed by atoms with E-state index in [0.717, 1.165) is 30.2 Å². The number of aryl methyl sites for hydroxylation is 1. The van der Waals surface area contributed by atoms with Gasteiger partial charge in [-0.15, -0.1) is 11.3 Å². The van der Waals surface area contributed by atoms with Gasteiger partial charge in [-0.2, -0.15) is 0 Å². The van der Waals surface area contributed by atoms with Crippen molar-refractivity contribution in [3.05, 3.63) is 86.9 Å². The van der Waals surface area contributed by atoms with Crippen molar-refractivity contribution >= 4 is 17.1 Å². The Morgan fingerprint density at radius 1 is 1.10 bits per heavy atom. The molecule has 1 unspecified atom stereocenters. The van der Waals surface area contributed by atoms with E-state index < -0.39 is 0 Å². The fourth-order valence-corrected chi connectivity index (χ4v) is 6.01. The second-order valence-corrected chi connectivity index (χ2v) is 9.32. The zero-order chi connectivity index (χ0) is 19.8. The van der Waals surface area contributed by atoms with Crippen LogP contribution >= 0.6 is 11.3 Å². The van der Waals surface area contributed by atoms with Crippen molar-refractivity contribution in [3.63, 3.8) is 0 Å². The van der Waals surface area contributed by atoms with Crippen molar-refractivity contribution in [1.82, 2.24) is 9.88 Å². The molecule has 4 heteroatoms. The molecule has 1 atom stereocenters. The van der Waals surface area contributed by atoms with Gasteiger partial charge in [-0.25, -0.2) is 0 Å². The molecule has 3 heterocycles. The molecule has 1 aliphatic heterocycles. The number of carbonyl (C=O) groups is 1. The van der Waals surface area contributed by atoms with Crippen LogP contribution in [0.25, 0.3) is 0 Å². The first-order valence-corrected chi connectivity index (χ1v) is 11.4. The number of thiophene rings is 1. The zero-order valence-corrected chi connectivity index (χ0v) is 17.6. The number of ketones is 1. The first kappa shape index (κ1) is 18.7. The summed E-state index contributed by atoms with van der Waals surface area (Å²) in [4.78, 5) is 20.7. The van der Waals surface area contributed by atoms with Crippen LogP contribution in [0.3, 0.4) is 0 Å². The lowest BCUT2D eigenvalue weighted by molar-refractivity contribution is 0.0996. The molecule has 0 spiro atoms. The minimum atomic E-state index is 0.287. The van der Waals surface area contributed by atoms with Gasteiger partial charge in [0.05, 0.1) is 4.88 Å². The maximum atomic E-state index is 12.8.